The van der Waals surface area contributed by atoms with Gasteiger partial charge in [0.2, 0.25) is 0 Å². The third-order valence-corrected chi connectivity index (χ3v) is 4.60. The van der Waals surface area contributed by atoms with Crippen LogP contribution in [0.1, 0.15) is 40.0 Å². The molecular formula is C17H24N2. The molecule has 0 bridgehead atoms. The van der Waals surface area contributed by atoms with Gasteiger partial charge in [-0.1, -0.05) is 20.8 Å². The SMILES string of the molecule is CC1CC(C)(C)CCC1Nc1ccc2[nH]ccc2c1. The van der Waals surface area contributed by atoms with Crippen molar-refractivity contribution in [1.82, 2.24) is 4.98 Å². The fourth-order valence-electron chi connectivity index (χ4n) is 3.52. The smallest absolute Gasteiger partial charge is 0.0455 e. The first kappa shape index (κ1) is 12.6. The van der Waals surface area contributed by atoms with Crippen molar-refractivity contribution in [3.63, 3.8) is 0 Å². The number of benzene rings is 1. The first-order chi connectivity index (χ1) is 9.03. The average Bonchev–Trinajstić information content (AvgIpc) is 2.79. The minimum atomic E-state index is 0.516. The highest BCUT2D eigenvalue weighted by atomic mass is 14.9. The third kappa shape index (κ3) is 2.63. The van der Waals surface area contributed by atoms with Crippen molar-refractivity contribution in [3.05, 3.63) is 30.5 Å². The number of rotatable bonds is 2. The Bertz CT molecular complexity index is 567. The van der Waals surface area contributed by atoms with Crippen molar-refractivity contribution in [3.8, 4) is 0 Å². The summed E-state index contributed by atoms with van der Waals surface area (Å²) in [7, 11) is 0. The van der Waals surface area contributed by atoms with Crippen LogP contribution in [0.3, 0.4) is 0 Å². The van der Waals surface area contributed by atoms with E-state index in [0.29, 0.717) is 11.5 Å². The van der Waals surface area contributed by atoms with Gasteiger partial charge in [0.05, 0.1) is 0 Å². The molecule has 0 aliphatic heterocycles. The molecule has 19 heavy (non-hydrogen) atoms. The van der Waals surface area contributed by atoms with Crippen LogP contribution in [0.4, 0.5) is 5.69 Å². The molecule has 1 aliphatic rings. The Hall–Kier alpha value is -1.44. The van der Waals surface area contributed by atoms with Crippen LogP contribution in [-0.4, -0.2) is 11.0 Å². The van der Waals surface area contributed by atoms with E-state index in [4.69, 9.17) is 0 Å². The van der Waals surface area contributed by atoms with Gasteiger partial charge < -0.3 is 10.3 Å². The van der Waals surface area contributed by atoms with E-state index in [1.165, 1.54) is 35.9 Å². The second kappa shape index (κ2) is 4.59. The Morgan fingerprint density at radius 1 is 1.26 bits per heavy atom. The number of H-pyrrole nitrogens is 1. The molecule has 1 saturated carbocycles. The Morgan fingerprint density at radius 3 is 2.89 bits per heavy atom. The lowest BCUT2D eigenvalue weighted by molar-refractivity contribution is 0.177. The number of aromatic amines is 1. The van der Waals surface area contributed by atoms with Gasteiger partial charge in [0, 0.05) is 28.8 Å². The lowest BCUT2D eigenvalue weighted by Gasteiger charge is -2.40. The molecule has 1 aliphatic carbocycles. The van der Waals surface area contributed by atoms with E-state index in [0.717, 1.165) is 5.92 Å². The summed E-state index contributed by atoms with van der Waals surface area (Å²) in [6.07, 6.45) is 5.91. The monoisotopic (exact) mass is 256 g/mol. The average molecular weight is 256 g/mol. The van der Waals surface area contributed by atoms with Crippen molar-refractivity contribution >= 4 is 16.6 Å². The molecule has 2 N–H and O–H groups in total. The van der Waals surface area contributed by atoms with E-state index >= 15 is 0 Å². The second-order valence-corrected chi connectivity index (χ2v) is 6.91. The summed E-state index contributed by atoms with van der Waals surface area (Å²) in [5.41, 5.74) is 2.98. The Morgan fingerprint density at radius 2 is 2.11 bits per heavy atom. The van der Waals surface area contributed by atoms with Gasteiger partial charge in [0.25, 0.3) is 0 Å². The molecule has 2 nitrogen and oxygen atoms in total. The maximum absolute atomic E-state index is 3.74. The highest BCUT2D eigenvalue weighted by molar-refractivity contribution is 5.83. The molecule has 0 radical (unpaired) electrons. The van der Waals surface area contributed by atoms with Crippen LogP contribution in [0.25, 0.3) is 10.9 Å². The van der Waals surface area contributed by atoms with Crippen LogP contribution < -0.4 is 5.32 Å². The van der Waals surface area contributed by atoms with E-state index in [-0.39, 0.29) is 0 Å². The Balaban J connectivity index is 1.74. The van der Waals surface area contributed by atoms with Crippen molar-refractivity contribution in [2.75, 3.05) is 5.32 Å². The number of aromatic nitrogens is 1. The maximum atomic E-state index is 3.74. The summed E-state index contributed by atoms with van der Waals surface area (Å²) in [6.45, 7) is 7.17. The second-order valence-electron chi connectivity index (χ2n) is 6.91. The number of hydrogen-bond acceptors (Lipinski definition) is 1. The molecule has 2 atom stereocenters. The summed E-state index contributed by atoms with van der Waals surface area (Å²) in [4.78, 5) is 3.24. The largest absolute Gasteiger partial charge is 0.382 e. The Labute approximate surface area is 115 Å². The molecule has 102 valence electrons. The molecule has 2 aromatic rings. The summed E-state index contributed by atoms with van der Waals surface area (Å²) in [5.74, 6) is 0.741. The van der Waals surface area contributed by atoms with E-state index in [2.05, 4.69) is 55.3 Å². The predicted octanol–water partition coefficient (Wildman–Crippen LogP) is 4.79. The van der Waals surface area contributed by atoms with Gasteiger partial charge in [0.15, 0.2) is 0 Å². The van der Waals surface area contributed by atoms with Crippen LogP contribution in [0.5, 0.6) is 0 Å². The van der Waals surface area contributed by atoms with Crippen molar-refractivity contribution in [2.45, 2.75) is 46.1 Å². The minimum absolute atomic E-state index is 0.516. The maximum Gasteiger partial charge on any atom is 0.0455 e. The molecule has 0 amide bonds. The summed E-state index contributed by atoms with van der Waals surface area (Å²) in [6, 6.07) is 9.34. The first-order valence-corrected chi connectivity index (χ1v) is 7.37. The standard InChI is InChI=1S/C17H24N2/c1-12-11-17(2,3)8-6-15(12)19-14-4-5-16-13(10-14)7-9-18-16/h4-5,7,9-10,12,15,18-19H,6,8,11H2,1-3H3. The summed E-state index contributed by atoms with van der Waals surface area (Å²) in [5, 5.41) is 5.02. The normalized spacial score (nSPS) is 26.5. The van der Waals surface area contributed by atoms with Crippen LogP contribution in [0.2, 0.25) is 0 Å². The molecular weight excluding hydrogens is 232 g/mol. The summed E-state index contributed by atoms with van der Waals surface area (Å²) >= 11 is 0. The number of nitrogens with one attached hydrogen (secondary N) is 2. The van der Waals surface area contributed by atoms with Gasteiger partial charge in [-0.3, -0.25) is 0 Å². The highest BCUT2D eigenvalue weighted by Gasteiger charge is 2.32. The lowest BCUT2D eigenvalue weighted by Crippen LogP contribution is -2.36. The van der Waals surface area contributed by atoms with Gasteiger partial charge in [-0.05, 0) is 54.9 Å². The van der Waals surface area contributed by atoms with E-state index in [1.807, 2.05) is 6.20 Å². The molecule has 1 aromatic carbocycles. The van der Waals surface area contributed by atoms with E-state index in [9.17, 15) is 0 Å². The number of fused-ring (bicyclic) bond motifs is 1. The molecule has 2 heteroatoms. The lowest BCUT2D eigenvalue weighted by atomic mass is 9.70. The molecule has 1 fully saturated rings. The van der Waals surface area contributed by atoms with Crippen LogP contribution in [-0.2, 0) is 0 Å². The topological polar surface area (TPSA) is 27.8 Å². The van der Waals surface area contributed by atoms with E-state index < -0.39 is 0 Å². The number of hydrogen-bond donors (Lipinski definition) is 2. The van der Waals surface area contributed by atoms with Crippen molar-refractivity contribution in [1.29, 1.82) is 0 Å². The molecule has 2 unspecified atom stereocenters. The van der Waals surface area contributed by atoms with Gasteiger partial charge >= 0.3 is 0 Å². The van der Waals surface area contributed by atoms with Gasteiger partial charge in [-0.15, -0.1) is 0 Å². The predicted molar refractivity (Wildman–Crippen MR) is 82.5 cm³/mol. The summed E-state index contributed by atoms with van der Waals surface area (Å²) < 4.78 is 0. The molecule has 0 saturated heterocycles. The van der Waals surface area contributed by atoms with Crippen LogP contribution in [0.15, 0.2) is 30.5 Å². The van der Waals surface area contributed by atoms with Gasteiger partial charge in [-0.2, -0.15) is 0 Å². The quantitative estimate of drug-likeness (QED) is 0.794. The van der Waals surface area contributed by atoms with Crippen molar-refractivity contribution in [2.24, 2.45) is 11.3 Å². The molecule has 0 spiro atoms. The first-order valence-electron chi connectivity index (χ1n) is 7.37. The van der Waals surface area contributed by atoms with Crippen LogP contribution >= 0.6 is 0 Å². The van der Waals surface area contributed by atoms with Crippen molar-refractivity contribution < 1.29 is 0 Å². The Kier molecular flexibility index (Phi) is 3.04. The molecule has 3 rings (SSSR count). The van der Waals surface area contributed by atoms with Gasteiger partial charge in [0.1, 0.15) is 0 Å². The fourth-order valence-corrected chi connectivity index (χ4v) is 3.52. The molecule has 1 heterocycles. The van der Waals surface area contributed by atoms with Crippen LogP contribution in [0, 0.1) is 11.3 Å². The third-order valence-electron chi connectivity index (χ3n) is 4.60. The number of anilines is 1. The highest BCUT2D eigenvalue weighted by Crippen LogP contribution is 2.39. The fraction of sp³-hybridized carbons (Fsp3) is 0.529. The van der Waals surface area contributed by atoms with E-state index in [1.54, 1.807) is 0 Å². The van der Waals surface area contributed by atoms with Gasteiger partial charge in [-0.25, -0.2) is 0 Å². The zero-order valence-electron chi connectivity index (χ0n) is 12.2. The zero-order valence-corrected chi connectivity index (χ0v) is 12.2. The minimum Gasteiger partial charge on any atom is -0.382 e. The zero-order chi connectivity index (χ0) is 13.5. The molecule has 1 aromatic heterocycles.